The molecule has 1 saturated heterocycles. The van der Waals surface area contributed by atoms with Crippen molar-refractivity contribution < 1.29 is 22.7 Å². The van der Waals surface area contributed by atoms with E-state index in [4.69, 9.17) is 9.47 Å². The minimum Gasteiger partial charge on any atom is -0.456 e. The molecule has 2 aromatic heterocycles. The Kier molecular flexibility index (Phi) is 6.17. The maximum Gasteiger partial charge on any atom is 0.331 e. The number of carbonyl (C=O) groups is 1. The number of pyridine rings is 1. The molecule has 0 atom stereocenters. The third-order valence-corrected chi connectivity index (χ3v) is 6.90. The largest absolute Gasteiger partial charge is 0.456 e. The van der Waals surface area contributed by atoms with Gasteiger partial charge < -0.3 is 13.9 Å². The topological polar surface area (TPSA) is 90.2 Å². The zero-order chi connectivity index (χ0) is 21.8. The van der Waals surface area contributed by atoms with Crippen LogP contribution < -0.4 is 0 Å². The van der Waals surface area contributed by atoms with Gasteiger partial charge in [-0.3, -0.25) is 0 Å². The summed E-state index contributed by atoms with van der Waals surface area (Å²) in [5, 5.41) is 0. The van der Waals surface area contributed by atoms with Crippen LogP contribution in [0.15, 0.2) is 59.8 Å². The van der Waals surface area contributed by atoms with Crippen molar-refractivity contribution in [3.8, 4) is 0 Å². The van der Waals surface area contributed by atoms with E-state index in [-0.39, 0.29) is 11.5 Å². The van der Waals surface area contributed by atoms with Crippen LogP contribution in [0.1, 0.15) is 16.8 Å². The predicted octanol–water partition coefficient (Wildman–Crippen LogP) is 2.42. The second-order valence-corrected chi connectivity index (χ2v) is 9.12. The molecule has 0 radical (unpaired) electrons. The third kappa shape index (κ3) is 4.84. The van der Waals surface area contributed by atoms with Gasteiger partial charge in [-0.1, -0.05) is 18.2 Å². The first kappa shape index (κ1) is 21.2. The SMILES string of the molecule is Cc1cccn2cc(COC(=O)/C=C/c3ccc(S(=O)(=O)N4CCOCC4)cc3)nc12. The molecule has 0 aliphatic carbocycles. The molecule has 3 aromatic rings. The summed E-state index contributed by atoms with van der Waals surface area (Å²) >= 11 is 0. The molecule has 1 aliphatic heterocycles. The van der Waals surface area contributed by atoms with E-state index in [1.807, 2.05) is 35.9 Å². The molecule has 1 aliphatic rings. The van der Waals surface area contributed by atoms with Gasteiger partial charge in [0.25, 0.3) is 0 Å². The fourth-order valence-electron chi connectivity index (χ4n) is 3.32. The van der Waals surface area contributed by atoms with E-state index < -0.39 is 16.0 Å². The lowest BCUT2D eigenvalue weighted by molar-refractivity contribution is -0.139. The summed E-state index contributed by atoms with van der Waals surface area (Å²) in [6.07, 6.45) is 6.62. The molecule has 4 rings (SSSR count). The number of sulfonamides is 1. The Morgan fingerprint density at radius 3 is 2.65 bits per heavy atom. The van der Waals surface area contributed by atoms with Crippen molar-refractivity contribution in [1.82, 2.24) is 13.7 Å². The van der Waals surface area contributed by atoms with E-state index in [2.05, 4.69) is 4.98 Å². The molecular weight excluding hydrogens is 418 g/mol. The highest BCUT2D eigenvalue weighted by Gasteiger charge is 2.25. The number of morpholine rings is 1. The number of aryl methyl sites for hydroxylation is 1. The first-order valence-electron chi connectivity index (χ1n) is 9.89. The molecule has 0 spiro atoms. The van der Waals surface area contributed by atoms with Gasteiger partial charge in [-0.2, -0.15) is 4.31 Å². The maximum absolute atomic E-state index is 12.6. The van der Waals surface area contributed by atoms with Crippen LogP contribution in [0, 0.1) is 6.92 Å². The van der Waals surface area contributed by atoms with Crippen LogP contribution in [0.2, 0.25) is 0 Å². The average molecular weight is 442 g/mol. The maximum atomic E-state index is 12.6. The number of imidazole rings is 1. The summed E-state index contributed by atoms with van der Waals surface area (Å²) in [7, 11) is -3.53. The van der Waals surface area contributed by atoms with Gasteiger partial charge in [-0.25, -0.2) is 18.2 Å². The van der Waals surface area contributed by atoms with Gasteiger partial charge in [0.05, 0.1) is 23.8 Å². The number of hydrogen-bond donors (Lipinski definition) is 0. The Balaban J connectivity index is 1.35. The molecule has 0 unspecified atom stereocenters. The second-order valence-electron chi connectivity index (χ2n) is 7.18. The summed E-state index contributed by atoms with van der Waals surface area (Å²) in [5.41, 5.74) is 3.23. The molecule has 31 heavy (non-hydrogen) atoms. The van der Waals surface area contributed by atoms with Gasteiger partial charge in [-0.15, -0.1) is 0 Å². The van der Waals surface area contributed by atoms with Crippen molar-refractivity contribution in [2.75, 3.05) is 26.3 Å². The molecule has 0 amide bonds. The average Bonchev–Trinajstić information content (AvgIpc) is 3.22. The summed E-state index contributed by atoms with van der Waals surface area (Å²) in [4.78, 5) is 16.7. The Morgan fingerprint density at radius 1 is 1.19 bits per heavy atom. The van der Waals surface area contributed by atoms with Crippen molar-refractivity contribution in [3.05, 3.63) is 71.7 Å². The van der Waals surface area contributed by atoms with E-state index in [1.54, 1.807) is 18.2 Å². The highest BCUT2D eigenvalue weighted by molar-refractivity contribution is 7.89. The standard InChI is InChI=1S/C22H23N3O5S/c1-17-3-2-10-24-15-19(23-22(17)24)16-30-21(26)9-6-18-4-7-20(8-5-18)31(27,28)25-11-13-29-14-12-25/h2-10,15H,11-14,16H2,1H3/b9-6+. The van der Waals surface area contributed by atoms with Crippen LogP contribution in [0.25, 0.3) is 11.7 Å². The summed E-state index contributed by atoms with van der Waals surface area (Å²) < 4.78 is 39.1. The zero-order valence-corrected chi connectivity index (χ0v) is 17.9. The molecule has 0 saturated carbocycles. The van der Waals surface area contributed by atoms with E-state index in [1.165, 1.54) is 22.5 Å². The Bertz CT molecular complexity index is 1210. The van der Waals surface area contributed by atoms with E-state index in [0.29, 0.717) is 37.6 Å². The Hall–Kier alpha value is -3.01. The van der Waals surface area contributed by atoms with Crippen molar-refractivity contribution in [3.63, 3.8) is 0 Å². The number of nitrogens with zero attached hydrogens (tertiary/aromatic N) is 3. The molecular formula is C22H23N3O5S. The highest BCUT2D eigenvalue weighted by atomic mass is 32.2. The lowest BCUT2D eigenvalue weighted by Gasteiger charge is -2.26. The molecule has 1 aromatic carbocycles. The van der Waals surface area contributed by atoms with Crippen LogP contribution in [0.5, 0.6) is 0 Å². The number of esters is 1. The molecule has 1 fully saturated rings. The van der Waals surface area contributed by atoms with Crippen molar-refractivity contribution in [1.29, 1.82) is 0 Å². The number of rotatable bonds is 6. The van der Waals surface area contributed by atoms with Crippen molar-refractivity contribution >= 4 is 27.7 Å². The molecule has 0 bridgehead atoms. The van der Waals surface area contributed by atoms with Crippen LogP contribution in [0.3, 0.4) is 0 Å². The fourth-order valence-corrected chi connectivity index (χ4v) is 4.73. The number of benzene rings is 1. The zero-order valence-electron chi connectivity index (χ0n) is 17.1. The number of aromatic nitrogens is 2. The highest BCUT2D eigenvalue weighted by Crippen LogP contribution is 2.18. The second kappa shape index (κ2) is 9.01. The lowest BCUT2D eigenvalue weighted by atomic mass is 10.2. The number of hydrogen-bond acceptors (Lipinski definition) is 6. The van der Waals surface area contributed by atoms with Gasteiger partial charge in [-0.05, 0) is 42.3 Å². The lowest BCUT2D eigenvalue weighted by Crippen LogP contribution is -2.40. The predicted molar refractivity (Wildman–Crippen MR) is 115 cm³/mol. The molecule has 0 N–H and O–H groups in total. The summed E-state index contributed by atoms with van der Waals surface area (Å²) in [6.45, 7) is 3.54. The first-order chi connectivity index (χ1) is 14.9. The van der Waals surface area contributed by atoms with Crippen LogP contribution in [-0.4, -0.2) is 54.4 Å². The van der Waals surface area contributed by atoms with Crippen molar-refractivity contribution in [2.45, 2.75) is 18.4 Å². The van der Waals surface area contributed by atoms with Gasteiger partial charge in [0.1, 0.15) is 12.3 Å². The summed E-state index contributed by atoms with van der Waals surface area (Å²) in [5.74, 6) is -0.501. The Morgan fingerprint density at radius 2 is 1.94 bits per heavy atom. The van der Waals surface area contributed by atoms with Gasteiger partial charge in [0.2, 0.25) is 10.0 Å². The minimum atomic E-state index is -3.53. The molecule has 3 heterocycles. The number of carbonyl (C=O) groups excluding carboxylic acids is 1. The van der Waals surface area contributed by atoms with Gasteiger partial charge in [0.15, 0.2) is 0 Å². The van der Waals surface area contributed by atoms with Crippen LogP contribution in [-0.2, 0) is 30.9 Å². The van der Waals surface area contributed by atoms with Crippen molar-refractivity contribution in [2.24, 2.45) is 0 Å². The first-order valence-corrected chi connectivity index (χ1v) is 11.3. The minimum absolute atomic E-state index is 0.0705. The number of fused-ring (bicyclic) bond motifs is 1. The quantitative estimate of drug-likeness (QED) is 0.431. The smallest absolute Gasteiger partial charge is 0.331 e. The third-order valence-electron chi connectivity index (χ3n) is 4.99. The molecule has 9 heteroatoms. The monoisotopic (exact) mass is 441 g/mol. The van der Waals surface area contributed by atoms with Crippen LogP contribution >= 0.6 is 0 Å². The normalized spacial score (nSPS) is 15.5. The molecule has 162 valence electrons. The number of ether oxygens (including phenoxy) is 2. The van der Waals surface area contributed by atoms with Gasteiger partial charge >= 0.3 is 5.97 Å². The fraction of sp³-hybridized carbons (Fsp3) is 0.273. The van der Waals surface area contributed by atoms with E-state index in [9.17, 15) is 13.2 Å². The summed E-state index contributed by atoms with van der Waals surface area (Å²) in [6, 6.07) is 10.3. The molecule has 8 nitrogen and oxygen atoms in total. The van der Waals surface area contributed by atoms with E-state index >= 15 is 0 Å². The van der Waals surface area contributed by atoms with Crippen LogP contribution in [0.4, 0.5) is 0 Å². The van der Waals surface area contributed by atoms with E-state index in [0.717, 1.165) is 11.2 Å². The van der Waals surface area contributed by atoms with Gasteiger partial charge in [0, 0.05) is 31.6 Å². The Labute approximate surface area is 180 Å².